The van der Waals surface area contributed by atoms with Crippen molar-refractivity contribution in [2.75, 3.05) is 6.54 Å². The molecular weight excluding hydrogens is 278 g/mol. The molecule has 114 valence electrons. The van der Waals surface area contributed by atoms with Crippen molar-refractivity contribution in [1.82, 2.24) is 25.1 Å². The molecule has 2 aliphatic rings. The maximum atomic E-state index is 11.9. The Morgan fingerprint density at radius 1 is 1.23 bits per heavy atom. The number of nitrogens with zero attached hydrogens (tertiary/aromatic N) is 4. The van der Waals surface area contributed by atoms with Gasteiger partial charge in [-0.2, -0.15) is 5.10 Å². The van der Waals surface area contributed by atoms with Crippen LogP contribution in [0.25, 0.3) is 0 Å². The van der Waals surface area contributed by atoms with Crippen LogP contribution in [-0.2, 0) is 6.54 Å². The van der Waals surface area contributed by atoms with Crippen LogP contribution in [0.2, 0.25) is 0 Å². The van der Waals surface area contributed by atoms with Gasteiger partial charge in [0.15, 0.2) is 0 Å². The fourth-order valence-electron chi connectivity index (χ4n) is 2.70. The van der Waals surface area contributed by atoms with Crippen molar-refractivity contribution in [2.45, 2.75) is 44.1 Å². The summed E-state index contributed by atoms with van der Waals surface area (Å²) in [5.41, 5.74) is 2.93. The smallest absolute Gasteiger partial charge is 0.271 e. The molecule has 2 fully saturated rings. The van der Waals surface area contributed by atoms with Crippen molar-refractivity contribution in [3.63, 3.8) is 0 Å². The molecular formula is C16H19N5O. The molecule has 0 spiro atoms. The molecule has 0 atom stereocenters. The van der Waals surface area contributed by atoms with E-state index in [4.69, 9.17) is 5.10 Å². The van der Waals surface area contributed by atoms with Crippen LogP contribution in [0, 0.1) is 0 Å². The minimum atomic E-state index is -0.185. The lowest BCUT2D eigenvalue weighted by molar-refractivity contribution is 0.0946. The van der Waals surface area contributed by atoms with Gasteiger partial charge in [-0.05, 0) is 31.7 Å². The van der Waals surface area contributed by atoms with Gasteiger partial charge in [-0.1, -0.05) is 0 Å². The van der Waals surface area contributed by atoms with Crippen LogP contribution in [0.5, 0.6) is 0 Å². The Balaban J connectivity index is 1.38. The molecule has 4 rings (SSSR count). The van der Waals surface area contributed by atoms with Crippen molar-refractivity contribution >= 4 is 5.91 Å². The van der Waals surface area contributed by atoms with E-state index in [2.05, 4.69) is 26.0 Å². The van der Waals surface area contributed by atoms with Gasteiger partial charge in [0.2, 0.25) is 0 Å². The lowest BCUT2D eigenvalue weighted by atomic mass is 10.2. The zero-order valence-electron chi connectivity index (χ0n) is 12.4. The van der Waals surface area contributed by atoms with Crippen molar-refractivity contribution in [2.24, 2.45) is 0 Å². The number of hydrogen-bond donors (Lipinski definition) is 1. The number of carbonyl (C=O) groups is 1. The first-order valence-corrected chi connectivity index (χ1v) is 7.93. The molecule has 1 amide bonds. The molecule has 6 heteroatoms. The molecule has 0 unspecified atom stereocenters. The van der Waals surface area contributed by atoms with Gasteiger partial charge in [0.05, 0.1) is 18.4 Å². The van der Waals surface area contributed by atoms with Crippen molar-refractivity contribution < 1.29 is 4.79 Å². The fourth-order valence-corrected chi connectivity index (χ4v) is 2.70. The molecule has 2 saturated carbocycles. The van der Waals surface area contributed by atoms with E-state index in [9.17, 15) is 4.79 Å². The predicted octanol–water partition coefficient (Wildman–Crippen LogP) is 1.86. The van der Waals surface area contributed by atoms with E-state index in [0.29, 0.717) is 30.6 Å². The van der Waals surface area contributed by atoms with Gasteiger partial charge >= 0.3 is 0 Å². The van der Waals surface area contributed by atoms with Crippen molar-refractivity contribution in [1.29, 1.82) is 0 Å². The highest BCUT2D eigenvalue weighted by Crippen LogP contribution is 2.44. The second-order valence-electron chi connectivity index (χ2n) is 6.11. The van der Waals surface area contributed by atoms with Gasteiger partial charge in [-0.25, -0.2) is 4.98 Å². The average molecular weight is 297 g/mol. The minimum Gasteiger partial charge on any atom is -0.349 e. The molecule has 0 aromatic carbocycles. The van der Waals surface area contributed by atoms with E-state index in [1.165, 1.54) is 49.5 Å². The summed E-state index contributed by atoms with van der Waals surface area (Å²) >= 11 is 0. The fraction of sp³-hybridized carbons (Fsp3) is 0.500. The highest BCUT2D eigenvalue weighted by molar-refractivity contribution is 5.91. The van der Waals surface area contributed by atoms with Gasteiger partial charge in [0.25, 0.3) is 5.91 Å². The number of amides is 1. The number of nitrogens with one attached hydrogen (secondary N) is 1. The second kappa shape index (κ2) is 5.51. The Morgan fingerprint density at radius 3 is 2.73 bits per heavy atom. The molecule has 6 nitrogen and oxygen atoms in total. The molecule has 2 heterocycles. The van der Waals surface area contributed by atoms with E-state index in [0.717, 1.165) is 0 Å². The third-order valence-electron chi connectivity index (χ3n) is 4.23. The van der Waals surface area contributed by atoms with Crippen LogP contribution >= 0.6 is 0 Å². The van der Waals surface area contributed by atoms with E-state index in [1.807, 2.05) is 0 Å². The molecule has 0 radical (unpaired) electrons. The third-order valence-corrected chi connectivity index (χ3v) is 4.23. The van der Waals surface area contributed by atoms with E-state index in [1.54, 1.807) is 6.20 Å². The molecule has 22 heavy (non-hydrogen) atoms. The summed E-state index contributed by atoms with van der Waals surface area (Å²) in [4.78, 5) is 19.9. The summed E-state index contributed by atoms with van der Waals surface area (Å²) in [5.74, 6) is 1.17. The summed E-state index contributed by atoms with van der Waals surface area (Å²) in [6, 6.07) is 2.28. The number of aromatic nitrogens is 4. The number of rotatable bonds is 6. The van der Waals surface area contributed by atoms with Gasteiger partial charge in [-0.15, -0.1) is 0 Å². The summed E-state index contributed by atoms with van der Waals surface area (Å²) in [6.45, 7) is 1.27. The zero-order valence-corrected chi connectivity index (χ0v) is 12.4. The van der Waals surface area contributed by atoms with Gasteiger partial charge in [-0.3, -0.25) is 14.5 Å². The standard InChI is InChI=1S/C16H19N5O/c22-16(14-10-17-5-6-18-14)19-7-8-21-15(12-3-4-12)9-13(20-21)11-1-2-11/h5-6,9-12H,1-4,7-8H2,(H,19,22). The van der Waals surface area contributed by atoms with Gasteiger partial charge in [0.1, 0.15) is 5.69 Å². The SMILES string of the molecule is O=C(NCCn1nc(C2CC2)cc1C1CC1)c1cnccn1. The highest BCUT2D eigenvalue weighted by Gasteiger charge is 2.32. The average Bonchev–Trinajstić information content (AvgIpc) is 3.47. The van der Waals surface area contributed by atoms with Gasteiger partial charge < -0.3 is 5.32 Å². The van der Waals surface area contributed by atoms with Crippen LogP contribution in [0.3, 0.4) is 0 Å². The summed E-state index contributed by atoms with van der Waals surface area (Å²) in [6.07, 6.45) is 9.63. The molecule has 2 aliphatic carbocycles. The Kier molecular flexibility index (Phi) is 3.36. The first-order valence-electron chi connectivity index (χ1n) is 7.93. The van der Waals surface area contributed by atoms with Crippen LogP contribution in [0.1, 0.15) is 59.4 Å². The third kappa shape index (κ3) is 2.86. The second-order valence-corrected chi connectivity index (χ2v) is 6.11. The summed E-state index contributed by atoms with van der Waals surface area (Å²) < 4.78 is 2.09. The van der Waals surface area contributed by atoms with Crippen molar-refractivity contribution in [3.8, 4) is 0 Å². The molecule has 2 aromatic heterocycles. The zero-order chi connectivity index (χ0) is 14.9. The largest absolute Gasteiger partial charge is 0.349 e. The molecule has 0 bridgehead atoms. The lowest BCUT2D eigenvalue weighted by Gasteiger charge is -2.08. The lowest BCUT2D eigenvalue weighted by Crippen LogP contribution is -2.28. The van der Waals surface area contributed by atoms with Crippen LogP contribution < -0.4 is 5.32 Å². The monoisotopic (exact) mass is 297 g/mol. The summed E-state index contributed by atoms with van der Waals surface area (Å²) in [7, 11) is 0. The molecule has 1 N–H and O–H groups in total. The molecule has 2 aromatic rings. The minimum absolute atomic E-state index is 0.185. The van der Waals surface area contributed by atoms with Crippen LogP contribution in [0.15, 0.2) is 24.7 Å². The normalized spacial score (nSPS) is 17.5. The Hall–Kier alpha value is -2.24. The molecule has 0 saturated heterocycles. The Morgan fingerprint density at radius 2 is 2.05 bits per heavy atom. The van der Waals surface area contributed by atoms with Crippen LogP contribution in [-0.4, -0.2) is 32.2 Å². The quantitative estimate of drug-likeness (QED) is 0.883. The van der Waals surface area contributed by atoms with E-state index >= 15 is 0 Å². The topological polar surface area (TPSA) is 72.7 Å². The van der Waals surface area contributed by atoms with Gasteiger partial charge in [0, 0.05) is 36.5 Å². The molecule has 0 aliphatic heterocycles. The maximum absolute atomic E-state index is 11.9. The Bertz CT molecular complexity index is 673. The van der Waals surface area contributed by atoms with E-state index < -0.39 is 0 Å². The predicted molar refractivity (Wildman–Crippen MR) is 80.5 cm³/mol. The maximum Gasteiger partial charge on any atom is 0.271 e. The Labute approximate surface area is 129 Å². The first kappa shape index (κ1) is 13.4. The van der Waals surface area contributed by atoms with Crippen molar-refractivity contribution in [3.05, 3.63) is 41.7 Å². The number of carbonyl (C=O) groups excluding carboxylic acids is 1. The highest BCUT2D eigenvalue weighted by atomic mass is 16.1. The van der Waals surface area contributed by atoms with Crippen LogP contribution in [0.4, 0.5) is 0 Å². The number of hydrogen-bond acceptors (Lipinski definition) is 4. The first-order chi connectivity index (χ1) is 10.8. The summed E-state index contributed by atoms with van der Waals surface area (Å²) in [5, 5.41) is 7.63. The van der Waals surface area contributed by atoms with E-state index in [-0.39, 0.29) is 5.91 Å².